The molecule has 13 nitrogen and oxygen atoms in total. The number of aromatic amines is 1. The fraction of sp³-hybridized carbons (Fsp3) is 0.296. The molecule has 3 heterocycles. The molecule has 6 aromatic rings. The zero-order valence-corrected chi connectivity index (χ0v) is 37.4. The predicted molar refractivity (Wildman–Crippen MR) is 257 cm³/mol. The summed E-state index contributed by atoms with van der Waals surface area (Å²) in [6.07, 6.45) is 4.09. The van der Waals surface area contributed by atoms with Crippen LogP contribution in [0, 0.1) is 5.92 Å². The van der Waals surface area contributed by atoms with Gasteiger partial charge in [0.25, 0.3) is 5.91 Å². The maximum atomic E-state index is 14.0. The fourth-order valence-electron chi connectivity index (χ4n) is 8.96. The Morgan fingerprint density at radius 2 is 1.55 bits per heavy atom. The zero-order valence-electron chi connectivity index (χ0n) is 37.4. The highest BCUT2D eigenvalue weighted by molar-refractivity contribution is 5.96. The van der Waals surface area contributed by atoms with E-state index in [1.54, 1.807) is 59.5 Å². The van der Waals surface area contributed by atoms with Gasteiger partial charge in [0.2, 0.25) is 17.1 Å². The van der Waals surface area contributed by atoms with E-state index in [0.29, 0.717) is 60.1 Å². The van der Waals surface area contributed by atoms with Crippen LogP contribution < -0.4 is 16.2 Å². The second kappa shape index (κ2) is 21.6. The molecular weight excluding hydrogens is 847 g/mol. The number of phenols is 1. The number of hydrogen-bond donors (Lipinski definition) is 6. The number of piperidine rings is 1. The zero-order chi connectivity index (χ0) is 46.8. The summed E-state index contributed by atoms with van der Waals surface area (Å²) in [4.78, 5) is 58.7. The number of aliphatic hydroxyl groups is 2. The number of pyridine rings is 1. The molecule has 1 saturated heterocycles. The quantitative estimate of drug-likeness (QED) is 0.0481. The molecule has 2 aliphatic rings. The van der Waals surface area contributed by atoms with Gasteiger partial charge < -0.3 is 40.6 Å². The van der Waals surface area contributed by atoms with Crippen LogP contribution in [0.4, 0.5) is 0 Å². The topological polar surface area (TPSA) is 185 Å². The van der Waals surface area contributed by atoms with Crippen LogP contribution in [0.25, 0.3) is 16.5 Å². The van der Waals surface area contributed by atoms with Gasteiger partial charge in [-0.05, 0) is 115 Å². The van der Waals surface area contributed by atoms with Gasteiger partial charge in [0, 0.05) is 48.8 Å². The molecule has 2 amide bonds. The molecule has 2 atom stereocenters. The molecule has 2 aliphatic heterocycles. The molecule has 0 bridgehead atoms. The van der Waals surface area contributed by atoms with Gasteiger partial charge in [0.05, 0.1) is 24.8 Å². The summed E-state index contributed by atoms with van der Waals surface area (Å²) in [6, 6.07) is 39.8. The third-order valence-electron chi connectivity index (χ3n) is 12.9. The summed E-state index contributed by atoms with van der Waals surface area (Å²) < 4.78 is 5.94. The number of nitrogens with one attached hydrogen (secondary N) is 3. The highest BCUT2D eigenvalue weighted by Crippen LogP contribution is 2.35. The lowest BCUT2D eigenvalue weighted by Gasteiger charge is -2.33. The average molecular weight is 904 g/mol. The Bertz CT molecular complexity index is 2750. The van der Waals surface area contributed by atoms with Crippen molar-refractivity contribution in [1.29, 1.82) is 0 Å². The Hall–Kier alpha value is -6.90. The first-order valence-electron chi connectivity index (χ1n) is 22.9. The normalized spacial score (nSPS) is 15.9. The Balaban J connectivity index is 0.801. The number of amides is 2. The largest absolute Gasteiger partial charge is 0.506 e. The summed E-state index contributed by atoms with van der Waals surface area (Å²) in [5.74, 6) is -1.14. The number of esters is 1. The Kier molecular flexibility index (Phi) is 15.0. The number of fused-ring (bicyclic) bond motifs is 1. The molecule has 5 aromatic carbocycles. The Morgan fingerprint density at radius 1 is 0.821 bits per heavy atom. The minimum absolute atomic E-state index is 0.0660. The third kappa shape index (κ3) is 11.4. The lowest BCUT2D eigenvalue weighted by atomic mass is 9.84. The van der Waals surface area contributed by atoms with E-state index in [1.807, 2.05) is 48.5 Å². The van der Waals surface area contributed by atoms with Gasteiger partial charge in [-0.1, -0.05) is 103 Å². The summed E-state index contributed by atoms with van der Waals surface area (Å²) in [6.45, 7) is 4.39. The predicted octanol–water partition coefficient (Wildman–Crippen LogP) is 5.84. The van der Waals surface area contributed by atoms with Crippen molar-refractivity contribution in [2.24, 2.45) is 5.92 Å². The van der Waals surface area contributed by atoms with Crippen molar-refractivity contribution in [3.63, 3.8) is 0 Å². The molecule has 0 aliphatic carbocycles. The number of benzene rings is 5. The Morgan fingerprint density at radius 3 is 2.28 bits per heavy atom. The molecule has 1 aromatic heterocycles. The van der Waals surface area contributed by atoms with Crippen LogP contribution in [0.5, 0.6) is 5.75 Å². The van der Waals surface area contributed by atoms with Crippen molar-refractivity contribution in [3.05, 3.63) is 189 Å². The van der Waals surface area contributed by atoms with Crippen LogP contribution in [0.1, 0.15) is 69.1 Å². The first-order chi connectivity index (χ1) is 32.5. The molecule has 67 heavy (non-hydrogen) atoms. The summed E-state index contributed by atoms with van der Waals surface area (Å²) in [5.41, 5.74) is 3.83. The Labute approximate surface area is 389 Å². The molecule has 0 radical (unpaired) electrons. The number of likely N-dealkylation sites (tertiary alicyclic amines) is 1. The summed E-state index contributed by atoms with van der Waals surface area (Å²) >= 11 is 0. The number of phenolic OH excluding ortho intramolecular Hbond substituents is 1. The number of rotatable bonds is 17. The third-order valence-corrected chi connectivity index (χ3v) is 12.9. The maximum absolute atomic E-state index is 14.0. The van der Waals surface area contributed by atoms with E-state index < -0.39 is 17.7 Å². The van der Waals surface area contributed by atoms with Gasteiger partial charge >= 0.3 is 5.97 Å². The van der Waals surface area contributed by atoms with Crippen LogP contribution in [0.2, 0.25) is 0 Å². The van der Waals surface area contributed by atoms with Crippen molar-refractivity contribution < 1.29 is 34.4 Å². The molecule has 13 heteroatoms. The molecule has 346 valence electrons. The molecular formula is C54H57N5O8. The number of H-pyrrole nitrogens is 1. The monoisotopic (exact) mass is 903 g/mol. The van der Waals surface area contributed by atoms with Crippen LogP contribution >= 0.6 is 0 Å². The summed E-state index contributed by atoms with van der Waals surface area (Å²) in [7, 11) is 0. The van der Waals surface area contributed by atoms with E-state index in [4.69, 9.17) is 4.74 Å². The summed E-state index contributed by atoms with van der Waals surface area (Å²) in [5, 5.41) is 39.8. The van der Waals surface area contributed by atoms with E-state index >= 15 is 0 Å². The number of aromatic nitrogens is 1. The second-order valence-corrected chi connectivity index (χ2v) is 17.4. The van der Waals surface area contributed by atoms with Crippen molar-refractivity contribution in [2.45, 2.75) is 43.9 Å². The van der Waals surface area contributed by atoms with Crippen molar-refractivity contribution in [3.8, 4) is 5.75 Å². The van der Waals surface area contributed by atoms with Crippen molar-refractivity contribution in [1.82, 2.24) is 25.4 Å². The molecule has 2 unspecified atom stereocenters. The van der Waals surface area contributed by atoms with E-state index in [9.17, 15) is 34.5 Å². The van der Waals surface area contributed by atoms with Gasteiger partial charge in [-0.25, -0.2) is 4.79 Å². The van der Waals surface area contributed by atoms with Gasteiger partial charge in [-0.2, -0.15) is 0 Å². The minimum Gasteiger partial charge on any atom is -0.506 e. The molecule has 0 spiro atoms. The number of carbonyl (C=O) groups is 3. The van der Waals surface area contributed by atoms with E-state index in [1.165, 1.54) is 17.7 Å². The van der Waals surface area contributed by atoms with Gasteiger partial charge in [-0.3, -0.25) is 19.3 Å². The van der Waals surface area contributed by atoms with Gasteiger partial charge in [0.15, 0.2) is 0 Å². The smallest absolute Gasteiger partial charge is 0.347 e. The molecule has 1 fully saturated rings. The molecule has 8 rings (SSSR count). The molecule has 6 N–H and O–H groups in total. The standard InChI is InChI=1S/C54H57N5O8/c60-47-20-18-45(46-19-21-49(62)57-51(46)47)48(61)33-55-27-22-37-14-16-41(17-15-37)52(64)56-34-50(63)59-30-25-40(26-31-59)42-10-7-13-44(32-42)54(66,43-11-5-2-6-12-43)53(65)67-36-39-23-28-58(29-24-39)35-38-8-3-1-4-9-38/h1-21,25,32,39,48,55,60-61,66H,22-24,26-31,33-36H2,(H,56,64)(H,57,62). The van der Waals surface area contributed by atoms with Gasteiger partial charge in [0.1, 0.15) is 5.75 Å². The van der Waals surface area contributed by atoms with E-state index in [0.717, 1.165) is 49.2 Å². The van der Waals surface area contributed by atoms with Crippen LogP contribution in [0.15, 0.2) is 144 Å². The number of aliphatic hydroxyl groups excluding tert-OH is 1. The van der Waals surface area contributed by atoms with Crippen LogP contribution in [-0.4, -0.2) is 100 Å². The number of nitrogens with zero attached hydrogens (tertiary/aromatic N) is 2. The number of ether oxygens (including phenoxy) is 1. The SMILES string of the molecule is O=C(NCC(=O)N1CC=C(c2cccc(C(O)(C(=O)OCC3CCN(Cc4ccccc4)CC3)c3ccccc3)c2)CC1)c1ccc(CCNCC(O)c2ccc(O)c3[nH]c(=O)ccc23)cc1. The molecule has 0 saturated carbocycles. The second-order valence-electron chi connectivity index (χ2n) is 17.4. The number of carbonyl (C=O) groups excluding carboxylic acids is 3. The van der Waals surface area contributed by atoms with E-state index in [-0.39, 0.29) is 54.3 Å². The minimum atomic E-state index is -2.03. The highest BCUT2D eigenvalue weighted by Gasteiger charge is 2.42. The van der Waals surface area contributed by atoms with Crippen molar-refractivity contribution in [2.75, 3.05) is 52.4 Å². The first kappa shape index (κ1) is 46.6. The maximum Gasteiger partial charge on any atom is 0.347 e. The first-order valence-corrected chi connectivity index (χ1v) is 22.9. The lowest BCUT2D eigenvalue weighted by Crippen LogP contribution is -2.42. The van der Waals surface area contributed by atoms with Crippen LogP contribution in [0.3, 0.4) is 0 Å². The van der Waals surface area contributed by atoms with Crippen LogP contribution in [-0.2, 0) is 32.9 Å². The van der Waals surface area contributed by atoms with Crippen molar-refractivity contribution >= 4 is 34.3 Å². The fourth-order valence-corrected chi connectivity index (χ4v) is 8.96. The average Bonchev–Trinajstić information content (AvgIpc) is 3.37. The lowest BCUT2D eigenvalue weighted by molar-refractivity contribution is -0.164. The van der Waals surface area contributed by atoms with Gasteiger partial charge in [-0.15, -0.1) is 0 Å². The van der Waals surface area contributed by atoms with E-state index in [2.05, 4.69) is 44.8 Å². The number of hydrogen-bond acceptors (Lipinski definition) is 10. The number of aromatic hydroxyl groups is 1. The highest BCUT2D eigenvalue weighted by atomic mass is 16.5.